The zero-order valence-electron chi connectivity index (χ0n) is 19.7. The molecule has 0 unspecified atom stereocenters. The molecule has 2 saturated heterocycles. The van der Waals surface area contributed by atoms with Crippen LogP contribution in [0.1, 0.15) is 36.1 Å². The lowest BCUT2D eigenvalue weighted by atomic mass is 9.94. The molecule has 3 aliphatic rings. The van der Waals surface area contributed by atoms with E-state index in [4.69, 9.17) is 21.1 Å². The number of benzene rings is 2. The average molecular weight is 497 g/mol. The Hall–Kier alpha value is -2.87. The van der Waals surface area contributed by atoms with Crippen LogP contribution < -0.4 is 4.74 Å². The van der Waals surface area contributed by atoms with E-state index in [1.54, 1.807) is 35.2 Å². The number of aliphatic hydroxyl groups is 1. The summed E-state index contributed by atoms with van der Waals surface area (Å²) >= 11 is 6.27. The number of halogens is 1. The van der Waals surface area contributed by atoms with Gasteiger partial charge in [0.05, 0.1) is 24.8 Å². The zero-order valence-corrected chi connectivity index (χ0v) is 20.5. The molecular formula is C27H29ClN2O5. The van der Waals surface area contributed by atoms with E-state index in [0.29, 0.717) is 42.3 Å². The number of rotatable bonds is 6. The molecule has 8 heteroatoms. The quantitative estimate of drug-likeness (QED) is 0.372. The summed E-state index contributed by atoms with van der Waals surface area (Å²) < 4.78 is 11.2. The molecule has 1 amide bonds. The van der Waals surface area contributed by atoms with Crippen molar-refractivity contribution in [2.75, 3.05) is 39.4 Å². The lowest BCUT2D eigenvalue weighted by Gasteiger charge is -2.29. The van der Waals surface area contributed by atoms with Gasteiger partial charge in [-0.3, -0.25) is 14.5 Å². The fourth-order valence-corrected chi connectivity index (χ4v) is 5.35. The average Bonchev–Trinajstić information content (AvgIpc) is 3.35. The summed E-state index contributed by atoms with van der Waals surface area (Å²) in [6.45, 7) is 6.31. The van der Waals surface area contributed by atoms with Crippen LogP contribution in [0.4, 0.5) is 0 Å². The number of hydrogen-bond donors (Lipinski definition) is 1. The van der Waals surface area contributed by atoms with Crippen LogP contribution >= 0.6 is 11.6 Å². The molecule has 7 nitrogen and oxygen atoms in total. The maximum absolute atomic E-state index is 13.3. The van der Waals surface area contributed by atoms with Crippen molar-refractivity contribution in [1.29, 1.82) is 0 Å². The van der Waals surface area contributed by atoms with Crippen LogP contribution in [0, 0.1) is 0 Å². The molecule has 1 N–H and O–H groups in total. The molecule has 184 valence electrons. The monoisotopic (exact) mass is 496 g/mol. The molecule has 35 heavy (non-hydrogen) atoms. The van der Waals surface area contributed by atoms with Gasteiger partial charge in [0.15, 0.2) is 0 Å². The van der Waals surface area contributed by atoms with Crippen molar-refractivity contribution in [3.05, 3.63) is 69.8 Å². The fourth-order valence-electron chi connectivity index (χ4n) is 5.15. The Bertz CT molecular complexity index is 1170. The van der Waals surface area contributed by atoms with Crippen molar-refractivity contribution < 1.29 is 24.2 Å². The molecule has 3 heterocycles. The summed E-state index contributed by atoms with van der Waals surface area (Å²) in [5.74, 6) is -0.670. The molecule has 0 aliphatic carbocycles. The highest BCUT2D eigenvalue weighted by atomic mass is 35.5. The van der Waals surface area contributed by atoms with Crippen molar-refractivity contribution in [3.63, 3.8) is 0 Å². The van der Waals surface area contributed by atoms with Gasteiger partial charge in [-0.25, -0.2) is 0 Å². The number of likely N-dealkylation sites (tertiary alicyclic amines) is 1. The largest absolute Gasteiger partial charge is 0.507 e. The number of morpholine rings is 1. The van der Waals surface area contributed by atoms with E-state index in [2.05, 4.69) is 4.90 Å². The SMILES string of the molecule is C[C@H]1Cc2cc(/C(O)=C3\C(=O)C(=O)N(CCCN4CCOCC4)[C@H]3c3cccc(Cl)c3)ccc2O1. The van der Waals surface area contributed by atoms with Crippen LogP contribution in [-0.4, -0.2) is 72.1 Å². The van der Waals surface area contributed by atoms with Crippen LogP contribution in [0.25, 0.3) is 5.76 Å². The molecule has 2 fully saturated rings. The van der Waals surface area contributed by atoms with Gasteiger partial charge in [-0.05, 0) is 54.8 Å². The van der Waals surface area contributed by atoms with Crippen LogP contribution in [-0.2, 0) is 20.7 Å². The maximum atomic E-state index is 13.3. The first-order valence-electron chi connectivity index (χ1n) is 12.1. The van der Waals surface area contributed by atoms with E-state index in [9.17, 15) is 14.7 Å². The second-order valence-electron chi connectivity index (χ2n) is 9.31. The van der Waals surface area contributed by atoms with Gasteiger partial charge >= 0.3 is 0 Å². The first-order valence-corrected chi connectivity index (χ1v) is 12.4. The van der Waals surface area contributed by atoms with Crippen molar-refractivity contribution in [2.24, 2.45) is 0 Å². The Morgan fingerprint density at radius 3 is 2.69 bits per heavy atom. The highest BCUT2D eigenvalue weighted by molar-refractivity contribution is 6.46. The Balaban J connectivity index is 1.48. The van der Waals surface area contributed by atoms with Gasteiger partial charge in [-0.2, -0.15) is 0 Å². The highest BCUT2D eigenvalue weighted by Crippen LogP contribution is 2.41. The van der Waals surface area contributed by atoms with Gasteiger partial charge in [0, 0.05) is 43.2 Å². The number of nitrogens with zero attached hydrogens (tertiary/aromatic N) is 2. The standard InChI is InChI=1S/C27H29ClN2O5/c1-17-14-20-15-19(6-7-22(20)35-17)25(31)23-24(18-4-2-5-21(28)16-18)30(27(33)26(23)32)9-3-8-29-10-12-34-13-11-29/h2,4-7,15-17,24,31H,3,8-14H2,1H3/b25-23+/t17-,24-/m0/s1. The molecule has 0 bridgehead atoms. The predicted octanol–water partition coefficient (Wildman–Crippen LogP) is 3.81. The number of ketones is 1. The third kappa shape index (κ3) is 4.81. The van der Waals surface area contributed by atoms with E-state index in [1.165, 1.54) is 0 Å². The van der Waals surface area contributed by atoms with E-state index < -0.39 is 17.7 Å². The number of ether oxygens (including phenoxy) is 2. The normalized spacial score (nSPS) is 24.0. The van der Waals surface area contributed by atoms with Crippen molar-refractivity contribution in [2.45, 2.75) is 31.9 Å². The summed E-state index contributed by atoms with van der Waals surface area (Å²) in [5, 5.41) is 11.8. The van der Waals surface area contributed by atoms with Gasteiger partial charge in [0.25, 0.3) is 11.7 Å². The second-order valence-corrected chi connectivity index (χ2v) is 9.75. The number of hydrogen-bond acceptors (Lipinski definition) is 6. The van der Waals surface area contributed by atoms with E-state index in [-0.39, 0.29) is 17.4 Å². The lowest BCUT2D eigenvalue weighted by molar-refractivity contribution is -0.140. The number of Topliss-reactive ketones (excluding diaryl/α,β-unsaturated/α-hetero) is 1. The highest BCUT2D eigenvalue weighted by Gasteiger charge is 2.46. The minimum Gasteiger partial charge on any atom is -0.507 e. The smallest absolute Gasteiger partial charge is 0.295 e. The van der Waals surface area contributed by atoms with Crippen LogP contribution in [0.3, 0.4) is 0 Å². The van der Waals surface area contributed by atoms with Crippen LogP contribution in [0.2, 0.25) is 5.02 Å². The minimum atomic E-state index is -0.707. The topological polar surface area (TPSA) is 79.3 Å². The third-order valence-corrected chi connectivity index (χ3v) is 7.09. The van der Waals surface area contributed by atoms with Gasteiger partial charge in [0.2, 0.25) is 0 Å². The van der Waals surface area contributed by atoms with Gasteiger partial charge in [-0.15, -0.1) is 0 Å². The number of carbonyl (C=O) groups is 2. The minimum absolute atomic E-state index is 0.0610. The number of amides is 1. The molecular weight excluding hydrogens is 468 g/mol. The second kappa shape index (κ2) is 10.0. The van der Waals surface area contributed by atoms with Gasteiger partial charge in [-0.1, -0.05) is 23.7 Å². The molecule has 2 atom stereocenters. The van der Waals surface area contributed by atoms with Gasteiger partial charge < -0.3 is 19.5 Å². The number of fused-ring (bicyclic) bond motifs is 1. The Kier molecular flexibility index (Phi) is 6.82. The van der Waals surface area contributed by atoms with Crippen LogP contribution in [0.15, 0.2) is 48.0 Å². The fraction of sp³-hybridized carbons (Fsp3) is 0.407. The third-order valence-electron chi connectivity index (χ3n) is 6.85. The maximum Gasteiger partial charge on any atom is 0.295 e. The Labute approximate surface area is 209 Å². The first-order chi connectivity index (χ1) is 16.9. The Morgan fingerprint density at radius 2 is 1.91 bits per heavy atom. The van der Waals surface area contributed by atoms with E-state index in [1.807, 2.05) is 19.1 Å². The molecule has 5 rings (SSSR count). The summed E-state index contributed by atoms with van der Waals surface area (Å²) in [5.41, 5.74) is 2.26. The summed E-state index contributed by atoms with van der Waals surface area (Å²) in [6, 6.07) is 11.8. The van der Waals surface area contributed by atoms with Crippen molar-refractivity contribution in [3.8, 4) is 5.75 Å². The Morgan fingerprint density at radius 1 is 1.11 bits per heavy atom. The molecule has 0 spiro atoms. The molecule has 3 aliphatic heterocycles. The van der Waals surface area contributed by atoms with E-state index >= 15 is 0 Å². The van der Waals surface area contributed by atoms with Crippen molar-refractivity contribution >= 4 is 29.1 Å². The predicted molar refractivity (Wildman–Crippen MR) is 133 cm³/mol. The molecule has 2 aromatic rings. The lowest BCUT2D eigenvalue weighted by Crippen LogP contribution is -2.38. The number of carbonyl (C=O) groups excluding carboxylic acids is 2. The summed E-state index contributed by atoms with van der Waals surface area (Å²) in [6.07, 6.45) is 1.49. The summed E-state index contributed by atoms with van der Waals surface area (Å²) in [4.78, 5) is 30.3. The summed E-state index contributed by atoms with van der Waals surface area (Å²) in [7, 11) is 0. The van der Waals surface area contributed by atoms with E-state index in [0.717, 1.165) is 37.4 Å². The molecule has 0 saturated carbocycles. The van der Waals surface area contributed by atoms with Crippen molar-refractivity contribution in [1.82, 2.24) is 9.80 Å². The first kappa shape index (κ1) is 23.9. The number of aliphatic hydroxyl groups excluding tert-OH is 1. The molecule has 0 aromatic heterocycles. The molecule has 2 aromatic carbocycles. The zero-order chi connectivity index (χ0) is 24.5. The molecule has 0 radical (unpaired) electrons. The van der Waals surface area contributed by atoms with Crippen LogP contribution in [0.5, 0.6) is 5.75 Å². The van der Waals surface area contributed by atoms with Gasteiger partial charge in [0.1, 0.15) is 17.6 Å².